The molecule has 0 saturated heterocycles. The van der Waals surface area contributed by atoms with Gasteiger partial charge in [0.2, 0.25) is 0 Å². The topological polar surface area (TPSA) is 52.5 Å². The van der Waals surface area contributed by atoms with Crippen LogP contribution < -0.4 is 4.72 Å². The highest BCUT2D eigenvalue weighted by Gasteiger charge is 2.08. The summed E-state index contributed by atoms with van der Waals surface area (Å²) in [7, 11) is -2.47. The highest BCUT2D eigenvalue weighted by molar-refractivity contribution is 8.22. The van der Waals surface area contributed by atoms with E-state index in [2.05, 4.69) is 4.72 Å². The van der Waals surface area contributed by atoms with Crippen molar-refractivity contribution < 1.29 is 9.11 Å². The fourth-order valence-electron chi connectivity index (χ4n) is 0.461. The van der Waals surface area contributed by atoms with Crippen molar-refractivity contribution in [3.8, 4) is 0 Å². The lowest BCUT2D eigenvalue weighted by Gasteiger charge is -2.33. The predicted octanol–water partition coefficient (Wildman–Crippen LogP) is 1.67. The summed E-state index contributed by atoms with van der Waals surface area (Å²) in [4.78, 5) is 0. The van der Waals surface area contributed by atoms with Gasteiger partial charge in [0.05, 0.1) is 0 Å². The summed E-state index contributed by atoms with van der Waals surface area (Å²) >= 11 is 0. The van der Waals surface area contributed by atoms with Gasteiger partial charge < -0.3 is 0 Å². The van der Waals surface area contributed by atoms with Crippen molar-refractivity contribution in [1.82, 2.24) is 4.72 Å². The first-order valence-electron chi connectivity index (χ1n) is 3.01. The van der Waals surface area contributed by atoms with E-state index < -0.39 is 10.8 Å². The Labute approximate surface area is 57.9 Å². The van der Waals surface area contributed by atoms with Crippen molar-refractivity contribution in [3.05, 3.63) is 0 Å². The quantitative estimate of drug-likeness (QED) is 0.578. The molecule has 0 atom stereocenters. The summed E-state index contributed by atoms with van der Waals surface area (Å²) in [6.07, 6.45) is 0. The molecule has 0 aromatic carbocycles. The van der Waals surface area contributed by atoms with Gasteiger partial charge in [-0.25, -0.2) is 4.72 Å². The number of nitrogens with one attached hydrogen (secondary N) is 1. The van der Waals surface area contributed by atoms with Crippen LogP contribution in [0.3, 0.4) is 0 Å². The lowest BCUT2D eigenvalue weighted by Crippen LogP contribution is -2.27. The molecule has 0 rings (SSSR count). The van der Waals surface area contributed by atoms with E-state index in [1.54, 1.807) is 6.92 Å². The largest absolute Gasteiger partial charge is 0.286 e. The van der Waals surface area contributed by atoms with Gasteiger partial charge in [0.1, 0.15) is 0 Å². The highest BCUT2D eigenvalue weighted by Crippen LogP contribution is 2.32. The van der Waals surface area contributed by atoms with E-state index in [0.29, 0.717) is 5.75 Å². The van der Waals surface area contributed by atoms with Crippen LogP contribution >= 0.6 is 10.8 Å². The van der Waals surface area contributed by atoms with Gasteiger partial charge in [-0.3, -0.25) is 9.11 Å². The van der Waals surface area contributed by atoms with Crippen LogP contribution in [-0.2, 0) is 0 Å². The van der Waals surface area contributed by atoms with Crippen LogP contribution in [-0.4, -0.2) is 20.9 Å². The molecule has 0 saturated carbocycles. The van der Waals surface area contributed by atoms with E-state index >= 15 is 0 Å². The maximum absolute atomic E-state index is 9.02. The lowest BCUT2D eigenvalue weighted by molar-refractivity contribution is 0.463. The average molecular weight is 153 g/mol. The zero-order chi connectivity index (χ0) is 7.49. The minimum absolute atomic E-state index is 0.134. The van der Waals surface area contributed by atoms with Gasteiger partial charge in [0, 0.05) is 11.8 Å². The van der Waals surface area contributed by atoms with E-state index in [9.17, 15) is 0 Å². The lowest BCUT2D eigenvalue weighted by atomic mass is 10.4. The van der Waals surface area contributed by atoms with Crippen LogP contribution in [0.25, 0.3) is 0 Å². The molecule has 0 amide bonds. The van der Waals surface area contributed by atoms with Crippen molar-refractivity contribution in [2.45, 2.75) is 26.8 Å². The molecule has 0 aromatic rings. The monoisotopic (exact) mass is 153 g/mol. The fourth-order valence-corrected chi connectivity index (χ4v) is 1.38. The van der Waals surface area contributed by atoms with Crippen LogP contribution in [0.2, 0.25) is 0 Å². The minimum Gasteiger partial charge on any atom is -0.286 e. The Hall–Kier alpha value is 0.230. The molecule has 0 aromatic heterocycles. The molecule has 0 heterocycles. The zero-order valence-corrected chi connectivity index (χ0v) is 6.90. The van der Waals surface area contributed by atoms with Gasteiger partial charge >= 0.3 is 0 Å². The number of rotatable bonds is 3. The molecule has 0 aliphatic carbocycles. The Morgan fingerprint density at radius 1 is 1.44 bits per heavy atom. The smallest absolute Gasteiger partial charge is 0.0500 e. The van der Waals surface area contributed by atoms with Crippen LogP contribution in [0.5, 0.6) is 0 Å². The molecule has 4 heteroatoms. The summed E-state index contributed by atoms with van der Waals surface area (Å²) in [5.41, 5.74) is 0. The van der Waals surface area contributed by atoms with E-state index in [1.165, 1.54) is 0 Å². The minimum atomic E-state index is -2.47. The molecule has 0 radical (unpaired) electrons. The maximum atomic E-state index is 9.02. The Morgan fingerprint density at radius 2 is 1.89 bits per heavy atom. The normalized spacial score (nSPS) is 14.4. The first-order chi connectivity index (χ1) is 3.98. The fraction of sp³-hybridized carbons (Fsp3) is 1.00. The summed E-state index contributed by atoms with van der Waals surface area (Å²) in [5, 5.41) is 0. The molecule has 0 fully saturated rings. The molecular weight excluding hydrogens is 138 g/mol. The Bertz CT molecular complexity index is 85.0. The standard InChI is InChI=1S/C5H15NO2S/c1-4-9(7,8)6-5(2)3/h5-8H,4H2,1-3H3. The van der Waals surface area contributed by atoms with E-state index in [1.807, 2.05) is 13.8 Å². The molecule has 0 aliphatic heterocycles. The van der Waals surface area contributed by atoms with Gasteiger partial charge in [0.25, 0.3) is 0 Å². The SMILES string of the molecule is CCS(O)(O)NC(C)C. The van der Waals surface area contributed by atoms with Crippen molar-refractivity contribution in [1.29, 1.82) is 0 Å². The molecule has 3 nitrogen and oxygen atoms in total. The third kappa shape index (κ3) is 4.72. The number of hydrogen-bond acceptors (Lipinski definition) is 3. The Morgan fingerprint density at radius 3 is 2.00 bits per heavy atom. The van der Waals surface area contributed by atoms with Crippen molar-refractivity contribution >= 4 is 10.8 Å². The summed E-state index contributed by atoms with van der Waals surface area (Å²) < 4.78 is 20.7. The third-order valence-corrected chi connectivity index (χ3v) is 2.48. The van der Waals surface area contributed by atoms with Gasteiger partial charge in [-0.1, -0.05) is 0 Å². The van der Waals surface area contributed by atoms with Gasteiger partial charge in [-0.15, -0.1) is 10.8 Å². The molecule has 58 valence electrons. The van der Waals surface area contributed by atoms with Crippen LogP contribution in [0, 0.1) is 0 Å². The molecule has 3 N–H and O–H groups in total. The predicted molar refractivity (Wildman–Crippen MR) is 41.7 cm³/mol. The van der Waals surface area contributed by atoms with Crippen LogP contribution in [0.15, 0.2) is 0 Å². The number of hydrogen-bond donors (Lipinski definition) is 3. The molecule has 0 unspecified atom stereocenters. The summed E-state index contributed by atoms with van der Waals surface area (Å²) in [6.45, 7) is 5.50. The summed E-state index contributed by atoms with van der Waals surface area (Å²) in [5.74, 6) is 0.380. The molecule has 9 heavy (non-hydrogen) atoms. The second kappa shape index (κ2) is 3.41. The highest BCUT2D eigenvalue weighted by atomic mass is 32.3. The van der Waals surface area contributed by atoms with E-state index in [-0.39, 0.29) is 6.04 Å². The second-order valence-electron chi connectivity index (χ2n) is 2.23. The summed E-state index contributed by atoms with van der Waals surface area (Å²) in [6, 6.07) is 0.134. The first kappa shape index (κ1) is 9.23. The molecule has 0 spiro atoms. The zero-order valence-electron chi connectivity index (χ0n) is 6.09. The maximum Gasteiger partial charge on any atom is 0.0500 e. The van der Waals surface area contributed by atoms with E-state index in [4.69, 9.17) is 9.11 Å². The van der Waals surface area contributed by atoms with Gasteiger partial charge in [-0.05, 0) is 20.8 Å². The van der Waals surface area contributed by atoms with Crippen molar-refractivity contribution in [2.75, 3.05) is 5.75 Å². The Kier molecular flexibility index (Phi) is 3.50. The molecular formula is C5H15NO2S. The van der Waals surface area contributed by atoms with Crippen molar-refractivity contribution in [3.63, 3.8) is 0 Å². The van der Waals surface area contributed by atoms with Crippen LogP contribution in [0.4, 0.5) is 0 Å². The third-order valence-electron chi connectivity index (χ3n) is 0.827. The van der Waals surface area contributed by atoms with Crippen molar-refractivity contribution in [2.24, 2.45) is 0 Å². The van der Waals surface area contributed by atoms with E-state index in [0.717, 1.165) is 0 Å². The van der Waals surface area contributed by atoms with Gasteiger partial charge in [-0.2, -0.15) is 0 Å². The Balaban J connectivity index is 3.58. The average Bonchev–Trinajstić information content (AvgIpc) is 1.63. The van der Waals surface area contributed by atoms with Crippen LogP contribution in [0.1, 0.15) is 20.8 Å². The first-order valence-corrected chi connectivity index (χ1v) is 4.72. The van der Waals surface area contributed by atoms with Gasteiger partial charge in [0.15, 0.2) is 0 Å². The molecule has 0 bridgehead atoms. The second-order valence-corrected chi connectivity index (χ2v) is 4.37. The molecule has 0 aliphatic rings.